The second kappa shape index (κ2) is 12.4. The predicted octanol–water partition coefficient (Wildman–Crippen LogP) is 8.72. The molecule has 0 saturated carbocycles. The van der Waals surface area contributed by atoms with Crippen molar-refractivity contribution in [2.45, 2.75) is 39.0 Å². The normalized spacial score (nSPS) is 14.7. The molecule has 30 heavy (non-hydrogen) atoms. The molecule has 0 spiro atoms. The van der Waals surface area contributed by atoms with Crippen LogP contribution in [0, 0.1) is 0 Å². The Morgan fingerprint density at radius 1 is 0.833 bits per heavy atom. The molecular weight excluding hydrogens is 360 g/mol. The molecule has 0 aliphatic rings. The first-order valence-electron chi connectivity index (χ1n) is 10.4. The molecule has 0 nitrogen and oxygen atoms in total. The highest BCUT2D eigenvalue weighted by Gasteiger charge is 2.24. The average Bonchev–Trinajstić information content (AvgIpc) is 2.73. The second-order valence-corrected chi connectivity index (χ2v) is 7.53. The Morgan fingerprint density at radius 3 is 1.83 bits per heavy atom. The summed E-state index contributed by atoms with van der Waals surface area (Å²) in [6.07, 6.45) is 21.9. The maximum absolute atomic E-state index is 3.98. The van der Waals surface area contributed by atoms with Crippen LogP contribution in [0.5, 0.6) is 0 Å². The fraction of sp³-hybridized carbons (Fsp3) is 0.200. The topological polar surface area (TPSA) is 0 Å². The molecular formula is C30H36. The van der Waals surface area contributed by atoms with Crippen molar-refractivity contribution in [3.8, 4) is 0 Å². The van der Waals surface area contributed by atoms with Crippen molar-refractivity contribution >= 4 is 0 Å². The molecule has 1 atom stereocenters. The summed E-state index contributed by atoms with van der Waals surface area (Å²) in [6, 6.07) is 8.88. The molecule has 1 rings (SSSR count). The molecule has 0 aliphatic carbocycles. The molecule has 0 radical (unpaired) electrons. The van der Waals surface area contributed by atoms with Crippen LogP contribution >= 0.6 is 0 Å². The first-order valence-corrected chi connectivity index (χ1v) is 10.4. The van der Waals surface area contributed by atoms with Crippen molar-refractivity contribution < 1.29 is 0 Å². The van der Waals surface area contributed by atoms with Crippen LogP contribution in [0.2, 0.25) is 0 Å². The molecule has 0 bridgehead atoms. The van der Waals surface area contributed by atoms with E-state index in [2.05, 4.69) is 108 Å². The monoisotopic (exact) mass is 396 g/mol. The summed E-state index contributed by atoms with van der Waals surface area (Å²) in [5.41, 5.74) is 5.90. The molecule has 0 heterocycles. The summed E-state index contributed by atoms with van der Waals surface area (Å²) in [6.45, 7) is 24.2. The molecule has 0 N–H and O–H groups in total. The van der Waals surface area contributed by atoms with Gasteiger partial charge in [-0.3, -0.25) is 0 Å². The van der Waals surface area contributed by atoms with Gasteiger partial charge in [-0.05, 0) is 41.7 Å². The Balaban J connectivity index is 3.64. The second-order valence-electron chi connectivity index (χ2n) is 7.53. The summed E-state index contributed by atoms with van der Waals surface area (Å²) in [5, 5.41) is 0. The Kier molecular flexibility index (Phi) is 10.3. The lowest BCUT2D eigenvalue weighted by Gasteiger charge is -2.28. The molecule has 0 amide bonds. The van der Waals surface area contributed by atoms with Crippen molar-refractivity contribution in [3.63, 3.8) is 0 Å². The number of rotatable bonds is 11. The zero-order valence-electron chi connectivity index (χ0n) is 19.1. The Bertz CT molecular complexity index is 890. The molecule has 0 aromatic heterocycles. The number of allylic oxidation sites excluding steroid dienone is 14. The minimum atomic E-state index is -0.101. The summed E-state index contributed by atoms with van der Waals surface area (Å²) in [7, 11) is 0. The molecule has 0 aliphatic heterocycles. The van der Waals surface area contributed by atoms with E-state index in [0.29, 0.717) is 0 Å². The fourth-order valence-electron chi connectivity index (χ4n) is 3.71. The summed E-state index contributed by atoms with van der Waals surface area (Å²) < 4.78 is 0. The van der Waals surface area contributed by atoms with Crippen LogP contribution in [0.15, 0.2) is 134 Å². The van der Waals surface area contributed by atoms with Crippen molar-refractivity contribution in [2.75, 3.05) is 0 Å². The van der Waals surface area contributed by atoms with Crippen LogP contribution in [0.1, 0.15) is 44.7 Å². The van der Waals surface area contributed by atoms with E-state index >= 15 is 0 Å². The molecule has 1 aromatic carbocycles. The lowest BCUT2D eigenvalue weighted by Crippen LogP contribution is -2.19. The van der Waals surface area contributed by atoms with Gasteiger partial charge in [0.1, 0.15) is 0 Å². The third kappa shape index (κ3) is 6.19. The highest BCUT2D eigenvalue weighted by molar-refractivity contribution is 5.50. The van der Waals surface area contributed by atoms with Crippen LogP contribution in [0.3, 0.4) is 0 Å². The van der Waals surface area contributed by atoms with Gasteiger partial charge in [0.05, 0.1) is 0 Å². The van der Waals surface area contributed by atoms with Gasteiger partial charge in [0, 0.05) is 11.3 Å². The van der Waals surface area contributed by atoms with Crippen LogP contribution in [0.4, 0.5) is 0 Å². The van der Waals surface area contributed by atoms with Crippen LogP contribution in [-0.4, -0.2) is 0 Å². The van der Waals surface area contributed by atoms with Crippen molar-refractivity contribution in [1.29, 1.82) is 0 Å². The van der Waals surface area contributed by atoms with Gasteiger partial charge in [0.2, 0.25) is 0 Å². The molecule has 1 unspecified atom stereocenters. The van der Waals surface area contributed by atoms with E-state index in [1.165, 1.54) is 22.3 Å². The largest absolute Gasteiger partial charge is 0.0991 e. The van der Waals surface area contributed by atoms with Gasteiger partial charge in [-0.2, -0.15) is 0 Å². The van der Waals surface area contributed by atoms with Crippen LogP contribution in [-0.2, 0) is 5.41 Å². The van der Waals surface area contributed by atoms with Crippen molar-refractivity contribution in [1.82, 2.24) is 0 Å². The Hall–Kier alpha value is -3.12. The van der Waals surface area contributed by atoms with Crippen molar-refractivity contribution in [3.05, 3.63) is 145 Å². The highest BCUT2D eigenvalue weighted by atomic mass is 14.3. The maximum Gasteiger partial charge on any atom is 0.0339 e. The summed E-state index contributed by atoms with van der Waals surface area (Å²) >= 11 is 0. The Morgan fingerprint density at radius 2 is 1.40 bits per heavy atom. The minimum Gasteiger partial charge on any atom is -0.0991 e. The number of hydrogen-bond donors (Lipinski definition) is 0. The minimum absolute atomic E-state index is 0.0613. The number of benzene rings is 1. The van der Waals surface area contributed by atoms with E-state index in [1.54, 1.807) is 6.08 Å². The lowest BCUT2D eigenvalue weighted by atomic mass is 9.76. The van der Waals surface area contributed by atoms with E-state index in [-0.39, 0.29) is 11.3 Å². The third-order valence-corrected chi connectivity index (χ3v) is 5.29. The van der Waals surface area contributed by atoms with Gasteiger partial charge in [-0.1, -0.05) is 131 Å². The van der Waals surface area contributed by atoms with Crippen molar-refractivity contribution in [2.24, 2.45) is 0 Å². The highest BCUT2D eigenvalue weighted by Crippen LogP contribution is 2.37. The number of hydrogen-bond acceptors (Lipinski definition) is 0. The molecule has 1 aromatic rings. The van der Waals surface area contributed by atoms with E-state index in [4.69, 9.17) is 0 Å². The molecule has 0 heteroatoms. The van der Waals surface area contributed by atoms with E-state index in [9.17, 15) is 0 Å². The van der Waals surface area contributed by atoms with E-state index < -0.39 is 0 Å². The Labute approximate surface area is 184 Å². The third-order valence-electron chi connectivity index (χ3n) is 5.29. The zero-order chi connectivity index (χ0) is 22.6. The van der Waals surface area contributed by atoms with Gasteiger partial charge in [0.15, 0.2) is 0 Å². The van der Waals surface area contributed by atoms with E-state index in [0.717, 1.165) is 5.57 Å². The van der Waals surface area contributed by atoms with E-state index in [1.807, 2.05) is 31.2 Å². The first-order chi connectivity index (χ1) is 14.4. The maximum atomic E-state index is 3.98. The molecule has 0 saturated heterocycles. The fourth-order valence-corrected chi connectivity index (χ4v) is 3.71. The quantitative estimate of drug-likeness (QED) is 0.328. The zero-order valence-corrected chi connectivity index (χ0v) is 19.1. The van der Waals surface area contributed by atoms with Gasteiger partial charge in [-0.15, -0.1) is 0 Å². The molecule has 156 valence electrons. The first kappa shape index (κ1) is 24.9. The predicted molar refractivity (Wildman–Crippen MR) is 137 cm³/mol. The van der Waals surface area contributed by atoms with Crippen LogP contribution < -0.4 is 0 Å². The van der Waals surface area contributed by atoms with Gasteiger partial charge in [-0.25, -0.2) is 0 Å². The summed E-state index contributed by atoms with van der Waals surface area (Å²) in [5.74, 6) is 0.0613. The van der Waals surface area contributed by atoms with Crippen LogP contribution in [0.25, 0.3) is 0 Å². The SMILES string of the molecule is C=C/C=C\C(=C/C=C)C(C(/C=C\C)=C/C=C)c1ccc(C(C)(C)/C(C=C)=C/C)cc1. The standard InChI is InChI=1S/C30H36/c1-9-15-19-25(18-12-4)29(24(16-10-2)17-11-3)26-20-22-28(23-21-26)30(7,8)27(13-5)14-6/h9-23,29H,1-2,4-5H2,3,6-8H3/b17-11-,19-15-,24-16+,25-18+,27-14+. The summed E-state index contributed by atoms with van der Waals surface area (Å²) in [4.78, 5) is 0. The smallest absolute Gasteiger partial charge is 0.0339 e. The average molecular weight is 397 g/mol. The van der Waals surface area contributed by atoms with Gasteiger partial charge in [0.25, 0.3) is 0 Å². The van der Waals surface area contributed by atoms with Gasteiger partial charge < -0.3 is 0 Å². The van der Waals surface area contributed by atoms with Gasteiger partial charge >= 0.3 is 0 Å². The molecule has 0 fully saturated rings. The lowest BCUT2D eigenvalue weighted by molar-refractivity contribution is 0.638.